The number of methoxy groups -OCH3 is 1. The molecular weight excluding hydrogens is 334 g/mol. The van der Waals surface area contributed by atoms with Crippen LogP contribution in [0.1, 0.15) is 23.1 Å². The monoisotopic (exact) mass is 355 g/mol. The van der Waals surface area contributed by atoms with Gasteiger partial charge in [0.05, 0.1) is 7.11 Å². The van der Waals surface area contributed by atoms with Gasteiger partial charge in [-0.25, -0.2) is 9.59 Å². The van der Waals surface area contributed by atoms with Gasteiger partial charge in [-0.05, 0) is 41.7 Å². The summed E-state index contributed by atoms with van der Waals surface area (Å²) in [6, 6.07) is 14.6. The van der Waals surface area contributed by atoms with E-state index in [-0.39, 0.29) is 6.61 Å². The van der Waals surface area contributed by atoms with Crippen LogP contribution < -0.4 is 4.74 Å². The summed E-state index contributed by atoms with van der Waals surface area (Å²) in [7, 11) is 2.99. The number of aryl methyl sites for hydroxylation is 1. The zero-order valence-corrected chi connectivity index (χ0v) is 14.8. The van der Waals surface area contributed by atoms with Gasteiger partial charge in [-0.2, -0.15) is 0 Å². The predicted molar refractivity (Wildman–Crippen MR) is 95.0 cm³/mol. The smallest absolute Gasteiger partial charge is 0.411 e. The Morgan fingerprint density at radius 2 is 1.92 bits per heavy atom. The van der Waals surface area contributed by atoms with Crippen LogP contribution in [0.4, 0.5) is 4.79 Å². The molecule has 1 unspecified atom stereocenters. The minimum atomic E-state index is -1.46. The molecule has 0 spiro atoms. The van der Waals surface area contributed by atoms with Crippen LogP contribution in [0.15, 0.2) is 48.5 Å². The van der Waals surface area contributed by atoms with E-state index in [4.69, 9.17) is 9.47 Å². The second-order valence-corrected chi connectivity index (χ2v) is 6.29. The molecule has 0 aromatic heterocycles. The Morgan fingerprint density at radius 1 is 1.19 bits per heavy atom. The molecule has 0 radical (unpaired) electrons. The van der Waals surface area contributed by atoms with Crippen molar-refractivity contribution in [2.45, 2.75) is 25.0 Å². The van der Waals surface area contributed by atoms with E-state index in [1.54, 1.807) is 12.1 Å². The Kier molecular flexibility index (Phi) is 4.84. The van der Waals surface area contributed by atoms with Gasteiger partial charge in [0.15, 0.2) is 5.54 Å². The van der Waals surface area contributed by atoms with Crippen molar-refractivity contribution in [3.05, 3.63) is 65.2 Å². The van der Waals surface area contributed by atoms with Crippen LogP contribution in [0.2, 0.25) is 0 Å². The summed E-state index contributed by atoms with van der Waals surface area (Å²) in [6.07, 6.45) is 0.191. The quantitative estimate of drug-likeness (QED) is 0.891. The van der Waals surface area contributed by atoms with Crippen molar-refractivity contribution in [2.75, 3.05) is 14.2 Å². The molecule has 0 fully saturated rings. The number of fused-ring (bicyclic) bond motifs is 1. The van der Waals surface area contributed by atoms with Crippen molar-refractivity contribution in [2.24, 2.45) is 0 Å². The first-order valence-corrected chi connectivity index (χ1v) is 8.34. The Hall–Kier alpha value is -3.02. The summed E-state index contributed by atoms with van der Waals surface area (Å²) in [5.74, 6) is -0.522. The maximum absolute atomic E-state index is 12.6. The molecule has 6 nitrogen and oxygen atoms in total. The number of hydrogen-bond acceptors (Lipinski definition) is 4. The van der Waals surface area contributed by atoms with Crippen LogP contribution in [0.5, 0.6) is 5.75 Å². The minimum Gasteiger partial charge on any atom is -0.497 e. The van der Waals surface area contributed by atoms with Gasteiger partial charge in [-0.1, -0.05) is 36.4 Å². The third kappa shape index (κ3) is 2.98. The van der Waals surface area contributed by atoms with Gasteiger partial charge in [-0.3, -0.25) is 4.90 Å². The molecule has 1 N–H and O–H groups in total. The Morgan fingerprint density at radius 3 is 2.58 bits per heavy atom. The van der Waals surface area contributed by atoms with Crippen LogP contribution in [0, 0.1) is 0 Å². The number of amides is 1. The fourth-order valence-electron chi connectivity index (χ4n) is 3.42. The molecule has 0 saturated carbocycles. The highest BCUT2D eigenvalue weighted by Gasteiger charge is 2.51. The number of hydrogen-bond donors (Lipinski definition) is 1. The van der Waals surface area contributed by atoms with Crippen LogP contribution in [-0.2, 0) is 28.1 Å². The van der Waals surface area contributed by atoms with Crippen molar-refractivity contribution in [3.63, 3.8) is 0 Å². The van der Waals surface area contributed by atoms with Crippen molar-refractivity contribution >= 4 is 12.1 Å². The lowest BCUT2D eigenvalue weighted by molar-refractivity contribution is -0.150. The maximum atomic E-state index is 12.6. The Balaban J connectivity index is 1.87. The first-order chi connectivity index (χ1) is 12.5. The van der Waals surface area contributed by atoms with Crippen molar-refractivity contribution in [1.29, 1.82) is 0 Å². The first kappa shape index (κ1) is 17.8. The van der Waals surface area contributed by atoms with Gasteiger partial charge in [0.25, 0.3) is 0 Å². The van der Waals surface area contributed by atoms with E-state index < -0.39 is 17.6 Å². The molecule has 0 aliphatic heterocycles. The van der Waals surface area contributed by atoms with E-state index in [2.05, 4.69) is 0 Å². The van der Waals surface area contributed by atoms with Gasteiger partial charge in [0.2, 0.25) is 0 Å². The van der Waals surface area contributed by atoms with Gasteiger partial charge in [-0.15, -0.1) is 0 Å². The summed E-state index contributed by atoms with van der Waals surface area (Å²) in [5, 5.41) is 9.99. The van der Waals surface area contributed by atoms with Crippen LogP contribution >= 0.6 is 0 Å². The zero-order chi connectivity index (χ0) is 18.7. The third-order valence-electron chi connectivity index (χ3n) is 4.92. The van der Waals surface area contributed by atoms with Crippen molar-refractivity contribution < 1.29 is 24.2 Å². The second kappa shape index (κ2) is 7.07. The molecule has 26 heavy (non-hydrogen) atoms. The normalized spacial score (nSPS) is 18.1. The summed E-state index contributed by atoms with van der Waals surface area (Å²) in [4.78, 5) is 26.0. The molecule has 0 heterocycles. The fourth-order valence-corrected chi connectivity index (χ4v) is 3.42. The maximum Gasteiger partial charge on any atom is 0.411 e. The molecule has 1 amide bonds. The largest absolute Gasteiger partial charge is 0.497 e. The fraction of sp³-hybridized carbons (Fsp3) is 0.300. The van der Waals surface area contributed by atoms with Crippen molar-refractivity contribution in [3.8, 4) is 5.75 Å². The van der Waals surface area contributed by atoms with Crippen LogP contribution in [-0.4, -0.2) is 36.2 Å². The minimum absolute atomic E-state index is 0.0880. The summed E-state index contributed by atoms with van der Waals surface area (Å²) in [5.41, 5.74) is 0.851. The topological polar surface area (TPSA) is 76.1 Å². The number of nitrogens with zero attached hydrogens (tertiary/aromatic N) is 1. The number of aliphatic carboxylic acids is 1. The number of carboxylic acid groups (broad SMARTS) is 1. The van der Waals surface area contributed by atoms with E-state index in [9.17, 15) is 14.7 Å². The number of benzene rings is 2. The SMILES string of the molecule is COc1ccc2c(c1)C(C(=O)O)(N(C)C(=O)OCc1ccccc1)CC2. The lowest BCUT2D eigenvalue weighted by Crippen LogP contribution is -2.51. The van der Waals surface area contributed by atoms with Gasteiger partial charge >= 0.3 is 12.1 Å². The molecule has 3 rings (SSSR count). The number of likely N-dealkylation sites (N-methyl/N-ethyl adjacent to an activating group) is 1. The average Bonchev–Trinajstić information content (AvgIpc) is 3.06. The second-order valence-electron chi connectivity index (χ2n) is 6.29. The lowest BCUT2D eigenvalue weighted by Gasteiger charge is -2.35. The third-order valence-corrected chi connectivity index (χ3v) is 4.92. The number of carboxylic acids is 1. The van der Waals surface area contributed by atoms with Gasteiger partial charge in [0.1, 0.15) is 12.4 Å². The molecule has 1 aliphatic carbocycles. The number of carbonyl (C=O) groups excluding carboxylic acids is 1. The van der Waals surface area contributed by atoms with Crippen LogP contribution in [0.3, 0.4) is 0 Å². The molecule has 136 valence electrons. The molecule has 2 aromatic carbocycles. The molecule has 1 aliphatic rings. The van der Waals surface area contributed by atoms with Crippen LogP contribution in [0.25, 0.3) is 0 Å². The number of rotatable bonds is 5. The van der Waals surface area contributed by atoms with E-state index in [1.807, 2.05) is 36.4 Å². The summed E-state index contributed by atoms with van der Waals surface area (Å²) >= 11 is 0. The summed E-state index contributed by atoms with van der Waals surface area (Å²) in [6.45, 7) is 0.0880. The van der Waals surface area contributed by atoms with E-state index in [1.165, 1.54) is 19.1 Å². The molecule has 0 bridgehead atoms. The highest BCUT2D eigenvalue weighted by atomic mass is 16.6. The molecule has 2 aromatic rings. The lowest BCUT2D eigenvalue weighted by atomic mass is 9.90. The summed E-state index contributed by atoms with van der Waals surface area (Å²) < 4.78 is 10.6. The van der Waals surface area contributed by atoms with Gasteiger partial charge in [0, 0.05) is 7.05 Å². The van der Waals surface area contributed by atoms with E-state index in [0.29, 0.717) is 24.2 Å². The van der Waals surface area contributed by atoms with Crippen molar-refractivity contribution in [1.82, 2.24) is 4.90 Å². The average molecular weight is 355 g/mol. The number of ether oxygens (including phenoxy) is 2. The molecular formula is C20H21NO5. The highest BCUT2D eigenvalue weighted by Crippen LogP contribution is 2.43. The zero-order valence-electron chi connectivity index (χ0n) is 14.8. The Bertz CT molecular complexity index is 820. The first-order valence-electron chi connectivity index (χ1n) is 8.34. The molecule has 1 atom stereocenters. The standard InChI is InChI=1S/C20H21NO5/c1-21(19(24)26-13-14-6-4-3-5-7-14)20(18(22)23)11-10-15-8-9-16(25-2)12-17(15)20/h3-9,12H,10-11,13H2,1-2H3,(H,22,23). The van der Waals surface area contributed by atoms with Gasteiger partial charge < -0.3 is 14.6 Å². The molecule has 0 saturated heterocycles. The predicted octanol–water partition coefficient (Wildman–Crippen LogP) is 3.19. The Labute approximate surface area is 152 Å². The van der Waals surface area contributed by atoms with E-state index >= 15 is 0 Å². The van der Waals surface area contributed by atoms with E-state index in [0.717, 1.165) is 11.1 Å². The molecule has 6 heteroatoms. The number of carbonyl (C=O) groups is 2. The highest BCUT2D eigenvalue weighted by molar-refractivity contribution is 5.87.